The summed E-state index contributed by atoms with van der Waals surface area (Å²) in [5.41, 5.74) is 5.60. The van der Waals surface area contributed by atoms with Crippen LogP contribution in [0.4, 0.5) is 16.3 Å². The summed E-state index contributed by atoms with van der Waals surface area (Å²) in [7, 11) is -1.84. The number of carbonyl (C=O) groups is 3. The Morgan fingerprint density at radius 1 is 1.13 bits per heavy atom. The molecule has 0 saturated carbocycles. The first-order valence-electron chi connectivity index (χ1n) is 8.62. The zero-order valence-corrected chi connectivity index (χ0v) is 17.9. The Labute approximate surface area is 178 Å². The van der Waals surface area contributed by atoms with Gasteiger partial charge in [-0.1, -0.05) is 0 Å². The molecule has 13 heteroatoms. The number of ether oxygens (including phenoxy) is 2. The van der Waals surface area contributed by atoms with Crippen LogP contribution in [0.5, 0.6) is 11.6 Å². The quantitative estimate of drug-likeness (QED) is 0.427. The van der Waals surface area contributed by atoms with Crippen LogP contribution in [0.1, 0.15) is 21.5 Å². The van der Waals surface area contributed by atoms with Gasteiger partial charge in [-0.2, -0.15) is 4.98 Å². The summed E-state index contributed by atoms with van der Waals surface area (Å²) in [6.07, 6.45) is 0.359. The van der Waals surface area contributed by atoms with Crippen molar-refractivity contribution in [2.45, 2.75) is 18.7 Å². The summed E-state index contributed by atoms with van der Waals surface area (Å²) >= 11 is 0. The highest BCUT2D eigenvalue weighted by atomic mass is 32.2. The van der Waals surface area contributed by atoms with E-state index >= 15 is 0 Å². The number of nitrogens with zero attached hydrogens (tertiary/aromatic N) is 1. The predicted octanol–water partition coefficient (Wildman–Crippen LogP) is 0.893. The van der Waals surface area contributed by atoms with Crippen LogP contribution in [0.15, 0.2) is 23.1 Å². The largest absolute Gasteiger partial charge is 0.496 e. The van der Waals surface area contributed by atoms with Crippen molar-refractivity contribution in [3.63, 3.8) is 0 Å². The maximum absolute atomic E-state index is 12.9. The van der Waals surface area contributed by atoms with Gasteiger partial charge >= 0.3 is 6.03 Å². The Hall–Kier alpha value is -3.87. The SMILES string of the molecule is COc1cc(NC(=O)NS(=O)(=O)c2c(C(N)=O)cc(C)c(NC=O)c2C)nc(OC)c1. The lowest BCUT2D eigenvalue weighted by Gasteiger charge is -2.17. The van der Waals surface area contributed by atoms with E-state index in [0.29, 0.717) is 17.7 Å². The van der Waals surface area contributed by atoms with Gasteiger partial charge in [-0.05, 0) is 31.0 Å². The molecule has 2 rings (SSSR count). The van der Waals surface area contributed by atoms with Crippen molar-refractivity contribution >= 4 is 39.9 Å². The molecule has 1 aromatic heterocycles. The third-order valence-corrected chi connectivity index (χ3v) is 5.66. The Morgan fingerprint density at radius 3 is 2.35 bits per heavy atom. The molecule has 2 aromatic rings. The van der Waals surface area contributed by atoms with Gasteiger partial charge < -0.3 is 20.5 Å². The molecule has 4 amide bonds. The fraction of sp³-hybridized carbons (Fsp3) is 0.222. The lowest BCUT2D eigenvalue weighted by Crippen LogP contribution is -2.36. The van der Waals surface area contributed by atoms with E-state index < -0.39 is 26.9 Å². The first-order valence-corrected chi connectivity index (χ1v) is 10.1. The van der Waals surface area contributed by atoms with Crippen molar-refractivity contribution in [2.75, 3.05) is 24.9 Å². The van der Waals surface area contributed by atoms with Crippen molar-refractivity contribution in [1.82, 2.24) is 9.71 Å². The van der Waals surface area contributed by atoms with Crippen LogP contribution < -0.4 is 30.6 Å². The van der Waals surface area contributed by atoms with Crippen LogP contribution >= 0.6 is 0 Å². The van der Waals surface area contributed by atoms with Crippen LogP contribution in [0.3, 0.4) is 0 Å². The zero-order chi connectivity index (χ0) is 23.3. The molecule has 0 unspecified atom stereocenters. The van der Waals surface area contributed by atoms with Crippen molar-refractivity contribution in [1.29, 1.82) is 0 Å². The molecule has 1 aromatic carbocycles. The summed E-state index contributed by atoms with van der Waals surface area (Å²) in [6, 6.07) is 2.84. The second kappa shape index (κ2) is 9.30. The van der Waals surface area contributed by atoms with Crippen molar-refractivity contribution < 1.29 is 32.3 Å². The normalized spacial score (nSPS) is 10.7. The van der Waals surface area contributed by atoms with E-state index in [0.717, 1.165) is 0 Å². The minimum absolute atomic E-state index is 0.0300. The van der Waals surface area contributed by atoms with Gasteiger partial charge in [0.25, 0.3) is 10.0 Å². The van der Waals surface area contributed by atoms with E-state index in [9.17, 15) is 22.8 Å². The molecule has 0 spiro atoms. The highest BCUT2D eigenvalue weighted by Gasteiger charge is 2.28. The molecule has 0 atom stereocenters. The number of rotatable bonds is 8. The van der Waals surface area contributed by atoms with Gasteiger partial charge in [-0.15, -0.1) is 0 Å². The molecule has 166 valence electrons. The second-order valence-corrected chi connectivity index (χ2v) is 7.81. The van der Waals surface area contributed by atoms with Gasteiger partial charge in [-0.3, -0.25) is 14.9 Å². The number of urea groups is 1. The number of primary amides is 1. The van der Waals surface area contributed by atoms with Crippen LogP contribution in [-0.4, -0.2) is 46.0 Å². The molecule has 0 aliphatic rings. The van der Waals surface area contributed by atoms with Crippen molar-refractivity contribution in [3.05, 3.63) is 34.9 Å². The maximum Gasteiger partial charge on any atom is 0.334 e. The number of aryl methyl sites for hydroxylation is 1. The molecule has 0 fully saturated rings. The zero-order valence-electron chi connectivity index (χ0n) is 17.1. The summed E-state index contributed by atoms with van der Waals surface area (Å²) in [6.45, 7) is 2.93. The predicted molar refractivity (Wildman–Crippen MR) is 111 cm³/mol. The third kappa shape index (κ3) is 5.19. The third-order valence-electron chi connectivity index (χ3n) is 4.14. The number of hydrogen-bond donors (Lipinski definition) is 4. The average Bonchev–Trinajstić information content (AvgIpc) is 2.69. The number of benzene rings is 1. The molecular formula is C18H21N5O7S. The molecular weight excluding hydrogens is 430 g/mol. The Morgan fingerprint density at radius 2 is 1.81 bits per heavy atom. The number of aromatic nitrogens is 1. The number of anilines is 2. The number of nitrogens with two attached hydrogens (primary N) is 1. The van der Waals surface area contributed by atoms with E-state index in [1.54, 1.807) is 11.6 Å². The van der Waals surface area contributed by atoms with E-state index in [1.165, 1.54) is 39.3 Å². The number of pyridine rings is 1. The Bertz CT molecular complexity index is 1130. The number of hydrogen-bond acceptors (Lipinski definition) is 8. The first-order chi connectivity index (χ1) is 14.5. The molecule has 0 aliphatic heterocycles. The number of methoxy groups -OCH3 is 2. The Kier molecular flexibility index (Phi) is 7.02. The van der Waals surface area contributed by atoms with Gasteiger partial charge in [0.15, 0.2) is 0 Å². The number of carbonyl (C=O) groups excluding carboxylic acids is 3. The molecule has 0 bridgehead atoms. The number of sulfonamides is 1. The number of nitrogens with one attached hydrogen (secondary N) is 3. The molecule has 1 heterocycles. The van der Waals surface area contributed by atoms with E-state index in [-0.39, 0.29) is 28.5 Å². The Balaban J connectivity index is 2.44. The fourth-order valence-electron chi connectivity index (χ4n) is 2.86. The van der Waals surface area contributed by atoms with Crippen molar-refractivity contribution in [2.24, 2.45) is 5.73 Å². The molecule has 12 nitrogen and oxygen atoms in total. The molecule has 31 heavy (non-hydrogen) atoms. The smallest absolute Gasteiger partial charge is 0.334 e. The first kappa shape index (κ1) is 23.4. The van der Waals surface area contributed by atoms with Gasteiger partial charge in [0.1, 0.15) is 16.5 Å². The van der Waals surface area contributed by atoms with E-state index in [2.05, 4.69) is 15.6 Å². The highest BCUT2D eigenvalue weighted by molar-refractivity contribution is 7.90. The highest BCUT2D eigenvalue weighted by Crippen LogP contribution is 2.30. The number of amides is 4. The fourth-order valence-corrected chi connectivity index (χ4v) is 4.21. The average molecular weight is 451 g/mol. The topological polar surface area (TPSA) is 179 Å². The van der Waals surface area contributed by atoms with E-state index in [1.807, 2.05) is 0 Å². The minimum atomic E-state index is -4.58. The van der Waals surface area contributed by atoms with Crippen molar-refractivity contribution in [3.8, 4) is 11.6 Å². The van der Waals surface area contributed by atoms with Crippen LogP contribution in [0, 0.1) is 13.8 Å². The lowest BCUT2D eigenvalue weighted by molar-refractivity contribution is -0.105. The minimum Gasteiger partial charge on any atom is -0.496 e. The summed E-state index contributed by atoms with van der Waals surface area (Å²) in [5, 5.41) is 4.63. The molecule has 5 N–H and O–H groups in total. The second-order valence-electron chi connectivity index (χ2n) is 6.19. The van der Waals surface area contributed by atoms with Gasteiger partial charge in [0.2, 0.25) is 18.2 Å². The maximum atomic E-state index is 12.9. The standard InChI is InChI=1S/C18H21N5O7S/c1-9-5-12(17(19)25)16(10(2)15(9)20-8-24)31(27,28)23-18(26)22-13-6-11(29-3)7-14(21-13)30-4/h5-8H,1-4H3,(H2,19,25)(H,20,24)(H2,21,22,23,26). The molecule has 0 aliphatic carbocycles. The summed E-state index contributed by atoms with van der Waals surface area (Å²) in [5.74, 6) is -0.653. The monoisotopic (exact) mass is 451 g/mol. The van der Waals surface area contributed by atoms with E-state index in [4.69, 9.17) is 15.2 Å². The van der Waals surface area contributed by atoms with Crippen LogP contribution in [-0.2, 0) is 14.8 Å². The summed E-state index contributed by atoms with van der Waals surface area (Å²) < 4.78 is 37.7. The van der Waals surface area contributed by atoms with Gasteiger partial charge in [0.05, 0.1) is 19.8 Å². The molecule has 0 saturated heterocycles. The molecule has 0 radical (unpaired) electrons. The summed E-state index contributed by atoms with van der Waals surface area (Å²) in [4.78, 5) is 38.5. The van der Waals surface area contributed by atoms with Crippen LogP contribution in [0.2, 0.25) is 0 Å². The van der Waals surface area contributed by atoms with Gasteiger partial charge in [0, 0.05) is 17.8 Å². The van der Waals surface area contributed by atoms with Gasteiger partial charge in [-0.25, -0.2) is 17.9 Å². The lowest BCUT2D eigenvalue weighted by atomic mass is 10.0. The van der Waals surface area contributed by atoms with Crippen LogP contribution in [0.25, 0.3) is 0 Å².